The zero-order valence-corrected chi connectivity index (χ0v) is 11.8. The van der Waals surface area contributed by atoms with Crippen LogP contribution in [0.2, 0.25) is 0 Å². The maximum atomic E-state index is 11.7. The van der Waals surface area contributed by atoms with Crippen LogP contribution >= 0.6 is 11.3 Å². The Kier molecular flexibility index (Phi) is 4.72. The zero-order chi connectivity index (χ0) is 13.0. The number of aromatic nitrogens is 1. The number of anilines is 1. The number of piperidine rings is 1. The van der Waals surface area contributed by atoms with E-state index in [0.717, 1.165) is 18.2 Å². The number of rotatable bonds is 4. The van der Waals surface area contributed by atoms with Crippen LogP contribution in [0.1, 0.15) is 43.9 Å². The van der Waals surface area contributed by atoms with E-state index in [1.54, 1.807) is 11.3 Å². The van der Waals surface area contributed by atoms with E-state index in [9.17, 15) is 4.79 Å². The van der Waals surface area contributed by atoms with Crippen molar-refractivity contribution in [2.75, 3.05) is 18.4 Å². The largest absolute Gasteiger partial charge is 0.317 e. The number of hydrogen-bond donors (Lipinski definition) is 2. The van der Waals surface area contributed by atoms with Crippen LogP contribution in [0, 0.1) is 5.92 Å². The molecule has 0 radical (unpaired) electrons. The zero-order valence-electron chi connectivity index (χ0n) is 11.0. The van der Waals surface area contributed by atoms with Crippen molar-refractivity contribution in [2.24, 2.45) is 5.92 Å². The van der Waals surface area contributed by atoms with Crippen LogP contribution in [-0.4, -0.2) is 24.0 Å². The lowest BCUT2D eigenvalue weighted by molar-refractivity contribution is -0.116. The van der Waals surface area contributed by atoms with Gasteiger partial charge in [0.25, 0.3) is 0 Å². The molecule has 1 fully saturated rings. The molecule has 100 valence electrons. The van der Waals surface area contributed by atoms with E-state index in [1.165, 1.54) is 17.7 Å². The summed E-state index contributed by atoms with van der Waals surface area (Å²) in [6.45, 7) is 6.25. The van der Waals surface area contributed by atoms with Gasteiger partial charge in [0.2, 0.25) is 5.91 Å². The van der Waals surface area contributed by atoms with Gasteiger partial charge in [-0.3, -0.25) is 4.79 Å². The molecular formula is C13H21N3OS. The van der Waals surface area contributed by atoms with Crippen molar-refractivity contribution in [3.63, 3.8) is 0 Å². The summed E-state index contributed by atoms with van der Waals surface area (Å²) in [5.74, 6) is 1.06. The van der Waals surface area contributed by atoms with Gasteiger partial charge < -0.3 is 10.6 Å². The summed E-state index contributed by atoms with van der Waals surface area (Å²) in [5.41, 5.74) is 0. The lowest BCUT2D eigenvalue weighted by Gasteiger charge is -2.20. The van der Waals surface area contributed by atoms with Crippen molar-refractivity contribution in [1.29, 1.82) is 0 Å². The summed E-state index contributed by atoms with van der Waals surface area (Å²) in [4.78, 5) is 17.3. The minimum absolute atomic E-state index is 0.0659. The quantitative estimate of drug-likeness (QED) is 0.881. The topological polar surface area (TPSA) is 54.0 Å². The first-order valence-corrected chi connectivity index (χ1v) is 7.43. The third-order valence-corrected chi connectivity index (χ3v) is 4.18. The van der Waals surface area contributed by atoms with Gasteiger partial charge in [-0.2, -0.15) is 0 Å². The lowest BCUT2D eigenvalue weighted by atomic mass is 9.97. The molecule has 4 nitrogen and oxygen atoms in total. The second kappa shape index (κ2) is 6.29. The van der Waals surface area contributed by atoms with Crippen molar-refractivity contribution >= 4 is 22.4 Å². The van der Waals surface area contributed by atoms with E-state index in [4.69, 9.17) is 0 Å². The maximum Gasteiger partial charge on any atom is 0.226 e. The van der Waals surface area contributed by atoms with E-state index in [-0.39, 0.29) is 5.91 Å². The predicted octanol–water partition coefficient (Wildman–Crippen LogP) is 2.59. The second-order valence-electron chi connectivity index (χ2n) is 5.24. The Morgan fingerprint density at radius 1 is 1.56 bits per heavy atom. The van der Waals surface area contributed by atoms with Gasteiger partial charge in [0, 0.05) is 17.5 Å². The summed E-state index contributed by atoms with van der Waals surface area (Å²) >= 11 is 1.62. The summed E-state index contributed by atoms with van der Waals surface area (Å²) < 4.78 is 0. The molecule has 0 aliphatic carbocycles. The Labute approximate surface area is 112 Å². The summed E-state index contributed by atoms with van der Waals surface area (Å²) in [5, 5.41) is 6.99. The molecule has 5 heteroatoms. The van der Waals surface area contributed by atoms with E-state index >= 15 is 0 Å². The van der Waals surface area contributed by atoms with Crippen LogP contribution in [0.3, 0.4) is 0 Å². The summed E-state index contributed by atoms with van der Waals surface area (Å²) in [7, 11) is 0. The average molecular weight is 267 g/mol. The molecule has 0 atom stereocenters. The Morgan fingerprint density at radius 2 is 2.28 bits per heavy atom. The third kappa shape index (κ3) is 3.78. The number of hydrogen-bond acceptors (Lipinski definition) is 4. The first-order chi connectivity index (χ1) is 8.65. The van der Waals surface area contributed by atoms with Crippen LogP contribution in [0.5, 0.6) is 0 Å². The number of thiazole rings is 1. The minimum atomic E-state index is 0.0659. The molecule has 0 aromatic carbocycles. The van der Waals surface area contributed by atoms with Crippen molar-refractivity contribution in [3.8, 4) is 0 Å². The third-order valence-electron chi connectivity index (χ3n) is 3.11. The summed E-state index contributed by atoms with van der Waals surface area (Å²) in [6.07, 6.45) is 4.82. The molecule has 1 aliphatic heterocycles. The summed E-state index contributed by atoms with van der Waals surface area (Å²) in [6, 6.07) is 0. The van der Waals surface area contributed by atoms with Crippen LogP contribution in [0.25, 0.3) is 0 Å². The van der Waals surface area contributed by atoms with Crippen molar-refractivity contribution in [2.45, 2.75) is 39.0 Å². The number of carbonyl (C=O) groups excluding carboxylic acids is 1. The van der Waals surface area contributed by atoms with Gasteiger partial charge in [-0.05, 0) is 37.8 Å². The predicted molar refractivity (Wildman–Crippen MR) is 75.0 cm³/mol. The highest BCUT2D eigenvalue weighted by molar-refractivity contribution is 7.15. The molecule has 1 aromatic rings. The van der Waals surface area contributed by atoms with Crippen molar-refractivity contribution in [3.05, 3.63) is 11.1 Å². The molecule has 0 unspecified atom stereocenters. The Bertz CT molecular complexity index is 397. The molecule has 0 bridgehead atoms. The molecule has 2 rings (SSSR count). The normalized spacial score (nSPS) is 17.1. The first kappa shape index (κ1) is 13.5. The fourth-order valence-corrected chi connectivity index (χ4v) is 3.18. The van der Waals surface area contributed by atoms with Gasteiger partial charge in [0.1, 0.15) is 0 Å². The van der Waals surface area contributed by atoms with Crippen molar-refractivity contribution < 1.29 is 4.79 Å². The SMILES string of the molecule is CC(C)CC(=O)Nc1ncc(C2CCNCC2)s1. The Morgan fingerprint density at radius 3 is 2.94 bits per heavy atom. The molecule has 2 heterocycles. The van der Waals surface area contributed by atoms with E-state index < -0.39 is 0 Å². The van der Waals surface area contributed by atoms with Gasteiger partial charge in [-0.25, -0.2) is 4.98 Å². The fraction of sp³-hybridized carbons (Fsp3) is 0.692. The number of carbonyl (C=O) groups is 1. The van der Waals surface area contributed by atoms with Crippen LogP contribution in [-0.2, 0) is 4.79 Å². The number of amides is 1. The molecule has 1 amide bonds. The van der Waals surface area contributed by atoms with Gasteiger partial charge >= 0.3 is 0 Å². The minimum Gasteiger partial charge on any atom is -0.317 e. The van der Waals surface area contributed by atoms with E-state index in [1.807, 2.05) is 20.0 Å². The first-order valence-electron chi connectivity index (χ1n) is 6.61. The van der Waals surface area contributed by atoms with Crippen molar-refractivity contribution in [1.82, 2.24) is 10.3 Å². The highest BCUT2D eigenvalue weighted by Gasteiger charge is 2.18. The second-order valence-corrected chi connectivity index (χ2v) is 6.30. The molecule has 0 spiro atoms. The van der Waals surface area contributed by atoms with E-state index in [0.29, 0.717) is 18.3 Å². The highest BCUT2D eigenvalue weighted by atomic mass is 32.1. The van der Waals surface area contributed by atoms with Gasteiger partial charge in [0.05, 0.1) is 0 Å². The molecule has 1 aromatic heterocycles. The molecule has 1 saturated heterocycles. The molecule has 2 N–H and O–H groups in total. The standard InChI is InChI=1S/C13H21N3OS/c1-9(2)7-12(17)16-13-15-8-11(18-13)10-3-5-14-6-4-10/h8-10,14H,3-7H2,1-2H3,(H,15,16,17). The fourth-order valence-electron chi connectivity index (χ4n) is 2.18. The Hall–Kier alpha value is -0.940. The molecule has 1 aliphatic rings. The number of nitrogens with zero attached hydrogens (tertiary/aromatic N) is 1. The van der Waals surface area contributed by atoms with Crippen LogP contribution in [0.4, 0.5) is 5.13 Å². The average Bonchev–Trinajstić information content (AvgIpc) is 2.77. The molecule has 18 heavy (non-hydrogen) atoms. The van der Waals surface area contributed by atoms with Gasteiger partial charge in [-0.15, -0.1) is 11.3 Å². The van der Waals surface area contributed by atoms with Crippen LogP contribution in [0.15, 0.2) is 6.20 Å². The highest BCUT2D eigenvalue weighted by Crippen LogP contribution is 2.31. The number of nitrogens with one attached hydrogen (secondary N) is 2. The maximum absolute atomic E-state index is 11.7. The smallest absolute Gasteiger partial charge is 0.226 e. The molecular weight excluding hydrogens is 246 g/mol. The van der Waals surface area contributed by atoms with Gasteiger partial charge in [0.15, 0.2) is 5.13 Å². The monoisotopic (exact) mass is 267 g/mol. The van der Waals surface area contributed by atoms with Crippen LogP contribution < -0.4 is 10.6 Å². The lowest BCUT2D eigenvalue weighted by Crippen LogP contribution is -2.26. The Balaban J connectivity index is 1.91. The molecule has 0 saturated carbocycles. The van der Waals surface area contributed by atoms with E-state index in [2.05, 4.69) is 15.6 Å². The van der Waals surface area contributed by atoms with Gasteiger partial charge in [-0.1, -0.05) is 13.8 Å².